The zero-order valence-electron chi connectivity index (χ0n) is 12.0. The number of thiophene rings is 1. The quantitative estimate of drug-likeness (QED) is 0.682. The molecule has 2 aromatic heterocycles. The van der Waals surface area contributed by atoms with E-state index >= 15 is 0 Å². The van der Waals surface area contributed by atoms with E-state index in [4.69, 9.17) is 0 Å². The lowest BCUT2D eigenvalue weighted by atomic mass is 10.2. The van der Waals surface area contributed by atoms with Crippen LogP contribution in [0.25, 0.3) is 0 Å². The molecular formula is C15H17N3O2S. The second-order valence-electron chi connectivity index (χ2n) is 5.46. The number of Topliss-reactive ketones (excluding diaryl/α,β-unsaturated/α-hetero) is 1. The molecule has 6 heteroatoms. The van der Waals surface area contributed by atoms with Crippen LogP contribution in [0.2, 0.25) is 0 Å². The van der Waals surface area contributed by atoms with Crippen molar-refractivity contribution in [2.45, 2.75) is 32.7 Å². The van der Waals surface area contributed by atoms with Crippen molar-refractivity contribution in [3.8, 4) is 0 Å². The molecule has 1 aliphatic carbocycles. The van der Waals surface area contributed by atoms with Crippen molar-refractivity contribution in [2.24, 2.45) is 5.92 Å². The van der Waals surface area contributed by atoms with Gasteiger partial charge in [0.15, 0.2) is 0 Å². The average molecular weight is 303 g/mol. The van der Waals surface area contributed by atoms with Gasteiger partial charge in [0.05, 0.1) is 17.1 Å². The molecule has 1 amide bonds. The van der Waals surface area contributed by atoms with Crippen LogP contribution in [0.5, 0.6) is 0 Å². The zero-order chi connectivity index (χ0) is 15.0. The lowest BCUT2D eigenvalue weighted by Gasteiger charge is -2.15. The van der Waals surface area contributed by atoms with Gasteiger partial charge >= 0.3 is 0 Å². The average Bonchev–Trinajstić information content (AvgIpc) is 3.06. The minimum absolute atomic E-state index is 0.242. The van der Waals surface area contributed by atoms with E-state index in [2.05, 4.69) is 17.3 Å². The first kappa shape index (κ1) is 14.0. The summed E-state index contributed by atoms with van der Waals surface area (Å²) in [5.74, 6) is 0.138. The van der Waals surface area contributed by atoms with Crippen LogP contribution in [0.15, 0.2) is 23.7 Å². The SMILES string of the molecule is Cc1cnn([C@H](C)C2CC2)c1NC(=O)C(=O)c1cccs1. The Morgan fingerprint density at radius 2 is 2.24 bits per heavy atom. The van der Waals surface area contributed by atoms with Gasteiger partial charge in [-0.2, -0.15) is 5.10 Å². The fourth-order valence-electron chi connectivity index (χ4n) is 2.38. The summed E-state index contributed by atoms with van der Waals surface area (Å²) in [4.78, 5) is 24.6. The second kappa shape index (κ2) is 5.44. The van der Waals surface area contributed by atoms with Gasteiger partial charge in [-0.1, -0.05) is 6.07 Å². The van der Waals surface area contributed by atoms with Crippen molar-refractivity contribution >= 4 is 28.8 Å². The summed E-state index contributed by atoms with van der Waals surface area (Å²) < 4.78 is 1.83. The van der Waals surface area contributed by atoms with Crippen molar-refractivity contribution in [3.63, 3.8) is 0 Å². The highest BCUT2D eigenvalue weighted by molar-refractivity contribution is 7.13. The molecule has 5 nitrogen and oxygen atoms in total. The molecular weight excluding hydrogens is 286 g/mol. The number of hydrogen-bond donors (Lipinski definition) is 1. The first-order chi connectivity index (χ1) is 10.1. The van der Waals surface area contributed by atoms with E-state index in [0.717, 1.165) is 5.56 Å². The Labute approximate surface area is 127 Å². The van der Waals surface area contributed by atoms with Crippen LogP contribution in [-0.4, -0.2) is 21.5 Å². The summed E-state index contributed by atoms with van der Waals surface area (Å²) >= 11 is 1.27. The largest absolute Gasteiger partial charge is 0.304 e. The molecule has 1 saturated carbocycles. The minimum atomic E-state index is -0.606. The Bertz CT molecular complexity index is 671. The van der Waals surface area contributed by atoms with E-state index in [1.54, 1.807) is 23.7 Å². The molecule has 21 heavy (non-hydrogen) atoms. The first-order valence-electron chi connectivity index (χ1n) is 7.01. The third kappa shape index (κ3) is 2.76. The second-order valence-corrected chi connectivity index (χ2v) is 6.41. The van der Waals surface area contributed by atoms with E-state index in [9.17, 15) is 9.59 Å². The predicted octanol–water partition coefficient (Wildman–Crippen LogP) is 3.05. The lowest BCUT2D eigenvalue weighted by Crippen LogP contribution is -2.25. The number of carbonyl (C=O) groups excluding carboxylic acids is 2. The summed E-state index contributed by atoms with van der Waals surface area (Å²) in [6, 6.07) is 3.66. The number of aromatic nitrogens is 2. The summed E-state index contributed by atoms with van der Waals surface area (Å²) in [6.45, 7) is 3.98. The number of anilines is 1. The highest BCUT2D eigenvalue weighted by Crippen LogP contribution is 2.40. The highest BCUT2D eigenvalue weighted by atomic mass is 32.1. The molecule has 0 radical (unpaired) electrons. The molecule has 1 N–H and O–H groups in total. The fraction of sp³-hybridized carbons (Fsp3) is 0.400. The van der Waals surface area contributed by atoms with Crippen molar-refractivity contribution in [1.29, 1.82) is 0 Å². The number of amides is 1. The van der Waals surface area contributed by atoms with E-state index in [-0.39, 0.29) is 6.04 Å². The monoisotopic (exact) mass is 303 g/mol. The summed E-state index contributed by atoms with van der Waals surface area (Å²) in [5.41, 5.74) is 0.870. The standard InChI is InChI=1S/C15H17N3O2S/c1-9-8-16-18(10(2)11-5-6-11)14(9)17-15(20)13(19)12-4-3-7-21-12/h3-4,7-8,10-11H,5-6H2,1-2H3,(H,17,20)/t10-/m1/s1. The van der Waals surface area contributed by atoms with Gasteiger partial charge in [0.25, 0.3) is 11.7 Å². The molecule has 0 bridgehead atoms. The maximum absolute atomic E-state index is 12.1. The Morgan fingerprint density at radius 3 is 2.86 bits per heavy atom. The predicted molar refractivity (Wildman–Crippen MR) is 81.7 cm³/mol. The molecule has 3 rings (SSSR count). The first-order valence-corrected chi connectivity index (χ1v) is 7.89. The maximum atomic E-state index is 12.1. The van der Waals surface area contributed by atoms with Gasteiger partial charge in [0.2, 0.25) is 0 Å². The number of aryl methyl sites for hydroxylation is 1. The molecule has 0 unspecified atom stereocenters. The Hall–Kier alpha value is -1.95. The molecule has 110 valence electrons. The smallest absolute Gasteiger partial charge is 0.298 e. The van der Waals surface area contributed by atoms with Crippen LogP contribution in [0, 0.1) is 12.8 Å². The van der Waals surface area contributed by atoms with Crippen molar-refractivity contribution in [3.05, 3.63) is 34.2 Å². The van der Waals surface area contributed by atoms with Gasteiger partial charge < -0.3 is 5.32 Å². The van der Waals surface area contributed by atoms with E-state index in [0.29, 0.717) is 16.6 Å². The van der Waals surface area contributed by atoms with Crippen molar-refractivity contribution < 1.29 is 9.59 Å². The van der Waals surface area contributed by atoms with E-state index in [1.807, 2.05) is 11.6 Å². The minimum Gasteiger partial charge on any atom is -0.304 e. The highest BCUT2D eigenvalue weighted by Gasteiger charge is 2.31. The normalized spacial score (nSPS) is 15.7. The van der Waals surface area contributed by atoms with Gasteiger partial charge in [-0.3, -0.25) is 9.59 Å². The van der Waals surface area contributed by atoms with Crippen LogP contribution in [-0.2, 0) is 4.79 Å². The molecule has 1 aliphatic rings. The van der Waals surface area contributed by atoms with Gasteiger partial charge in [-0.05, 0) is 44.1 Å². The molecule has 1 atom stereocenters. The molecule has 0 spiro atoms. The lowest BCUT2D eigenvalue weighted by molar-refractivity contribution is -0.112. The molecule has 2 heterocycles. The van der Waals surface area contributed by atoms with Crippen molar-refractivity contribution in [2.75, 3.05) is 5.32 Å². The third-order valence-electron chi connectivity index (χ3n) is 3.85. The van der Waals surface area contributed by atoms with Crippen LogP contribution in [0.4, 0.5) is 5.82 Å². The number of rotatable bonds is 5. The number of carbonyl (C=O) groups is 2. The molecule has 1 fully saturated rings. The van der Waals surface area contributed by atoms with Crippen molar-refractivity contribution in [1.82, 2.24) is 9.78 Å². The van der Waals surface area contributed by atoms with Gasteiger partial charge in [0, 0.05) is 5.56 Å². The summed E-state index contributed by atoms with van der Waals surface area (Å²) in [5, 5.41) is 8.86. The van der Waals surface area contributed by atoms with Crippen LogP contribution in [0.1, 0.15) is 41.0 Å². The van der Waals surface area contributed by atoms with Gasteiger partial charge in [-0.15, -0.1) is 11.3 Å². The van der Waals surface area contributed by atoms with Gasteiger partial charge in [0.1, 0.15) is 5.82 Å². The number of ketones is 1. The fourth-order valence-corrected chi connectivity index (χ4v) is 3.04. The third-order valence-corrected chi connectivity index (χ3v) is 4.72. The van der Waals surface area contributed by atoms with E-state index < -0.39 is 11.7 Å². The van der Waals surface area contributed by atoms with Crippen LogP contribution >= 0.6 is 11.3 Å². The van der Waals surface area contributed by atoms with Gasteiger partial charge in [-0.25, -0.2) is 4.68 Å². The zero-order valence-corrected chi connectivity index (χ0v) is 12.8. The Morgan fingerprint density at radius 1 is 1.48 bits per heavy atom. The molecule has 0 aliphatic heterocycles. The summed E-state index contributed by atoms with van der Waals surface area (Å²) in [6.07, 6.45) is 4.12. The van der Waals surface area contributed by atoms with Crippen LogP contribution in [0.3, 0.4) is 0 Å². The van der Waals surface area contributed by atoms with Crippen LogP contribution < -0.4 is 5.32 Å². The Balaban J connectivity index is 1.79. The number of nitrogens with zero attached hydrogens (tertiary/aromatic N) is 2. The summed E-state index contributed by atoms with van der Waals surface area (Å²) in [7, 11) is 0. The molecule has 2 aromatic rings. The molecule has 0 saturated heterocycles. The molecule has 0 aromatic carbocycles. The topological polar surface area (TPSA) is 64.0 Å². The van der Waals surface area contributed by atoms with E-state index in [1.165, 1.54) is 24.2 Å². The number of nitrogens with one attached hydrogen (secondary N) is 1. The number of hydrogen-bond acceptors (Lipinski definition) is 4. The Kier molecular flexibility index (Phi) is 3.63. The maximum Gasteiger partial charge on any atom is 0.298 e.